The lowest BCUT2D eigenvalue weighted by Crippen LogP contribution is -2.25. The SMILES string of the molecule is CC1CCc2scc(C(=O)OC(C)(C)C)c2C1C. The van der Waals surface area contributed by atoms with Gasteiger partial charge in [0.1, 0.15) is 5.60 Å². The second-order valence-corrected chi connectivity index (χ2v) is 7.26. The number of rotatable bonds is 1. The van der Waals surface area contributed by atoms with E-state index < -0.39 is 5.60 Å². The summed E-state index contributed by atoms with van der Waals surface area (Å²) in [6.45, 7) is 10.2. The van der Waals surface area contributed by atoms with Crippen LogP contribution in [0.4, 0.5) is 0 Å². The Balaban J connectivity index is 2.31. The van der Waals surface area contributed by atoms with Crippen LogP contribution in [-0.2, 0) is 11.2 Å². The van der Waals surface area contributed by atoms with Crippen molar-refractivity contribution in [2.24, 2.45) is 5.92 Å². The van der Waals surface area contributed by atoms with E-state index in [1.807, 2.05) is 26.2 Å². The molecule has 100 valence electrons. The van der Waals surface area contributed by atoms with Crippen molar-refractivity contribution in [3.05, 3.63) is 21.4 Å². The van der Waals surface area contributed by atoms with Crippen molar-refractivity contribution in [2.75, 3.05) is 0 Å². The zero-order chi connectivity index (χ0) is 13.5. The summed E-state index contributed by atoms with van der Waals surface area (Å²) in [5.41, 5.74) is 1.62. The van der Waals surface area contributed by atoms with E-state index in [-0.39, 0.29) is 5.97 Å². The Labute approximate surface area is 113 Å². The van der Waals surface area contributed by atoms with Crippen molar-refractivity contribution in [3.8, 4) is 0 Å². The minimum absolute atomic E-state index is 0.166. The van der Waals surface area contributed by atoms with Gasteiger partial charge in [-0.25, -0.2) is 4.79 Å². The first-order chi connectivity index (χ1) is 8.29. The van der Waals surface area contributed by atoms with Gasteiger partial charge in [0.2, 0.25) is 0 Å². The van der Waals surface area contributed by atoms with Gasteiger partial charge in [-0.2, -0.15) is 0 Å². The Morgan fingerprint density at radius 1 is 1.39 bits per heavy atom. The molecule has 1 aliphatic rings. The second-order valence-electron chi connectivity index (χ2n) is 6.29. The zero-order valence-electron chi connectivity index (χ0n) is 11.9. The third-order valence-electron chi connectivity index (χ3n) is 3.66. The van der Waals surface area contributed by atoms with Crippen molar-refractivity contribution in [1.82, 2.24) is 0 Å². The molecule has 1 aromatic heterocycles. The minimum Gasteiger partial charge on any atom is -0.456 e. The van der Waals surface area contributed by atoms with Gasteiger partial charge in [0, 0.05) is 10.3 Å². The minimum atomic E-state index is -0.421. The second kappa shape index (κ2) is 4.69. The standard InChI is InChI=1S/C15H22O2S/c1-9-6-7-12-13(10(9)2)11(8-18-12)14(16)17-15(3,4)5/h8-10H,6-7H2,1-5H3. The Bertz CT molecular complexity index is 454. The maximum atomic E-state index is 12.2. The number of thiophene rings is 1. The average Bonchev–Trinajstić information content (AvgIpc) is 2.65. The molecule has 1 aromatic rings. The van der Waals surface area contributed by atoms with E-state index >= 15 is 0 Å². The number of carbonyl (C=O) groups is 1. The van der Waals surface area contributed by atoms with Crippen molar-refractivity contribution in [2.45, 2.75) is 59.0 Å². The molecule has 0 amide bonds. The summed E-state index contributed by atoms with van der Waals surface area (Å²) in [7, 11) is 0. The molecule has 2 nitrogen and oxygen atoms in total. The molecule has 0 saturated carbocycles. The maximum Gasteiger partial charge on any atom is 0.339 e. The number of esters is 1. The third-order valence-corrected chi connectivity index (χ3v) is 4.73. The van der Waals surface area contributed by atoms with Gasteiger partial charge in [0.25, 0.3) is 0 Å². The summed E-state index contributed by atoms with van der Waals surface area (Å²) in [4.78, 5) is 13.6. The molecule has 2 atom stereocenters. The molecule has 1 aliphatic carbocycles. The zero-order valence-corrected chi connectivity index (χ0v) is 12.7. The highest BCUT2D eigenvalue weighted by Gasteiger charge is 2.31. The molecule has 0 saturated heterocycles. The number of aryl methyl sites for hydroxylation is 1. The molecule has 0 aromatic carbocycles. The largest absolute Gasteiger partial charge is 0.456 e. The van der Waals surface area contributed by atoms with Gasteiger partial charge in [-0.15, -0.1) is 11.3 Å². The molecule has 2 unspecified atom stereocenters. The number of fused-ring (bicyclic) bond motifs is 1. The van der Waals surface area contributed by atoms with Crippen molar-refractivity contribution < 1.29 is 9.53 Å². The van der Waals surface area contributed by atoms with E-state index in [0.717, 1.165) is 12.0 Å². The van der Waals surface area contributed by atoms with Gasteiger partial charge in [0.15, 0.2) is 0 Å². The van der Waals surface area contributed by atoms with Crippen molar-refractivity contribution >= 4 is 17.3 Å². The normalized spacial score (nSPS) is 23.6. The quantitative estimate of drug-likeness (QED) is 0.705. The van der Waals surface area contributed by atoms with Crippen LogP contribution in [0.5, 0.6) is 0 Å². The van der Waals surface area contributed by atoms with Gasteiger partial charge in [-0.1, -0.05) is 13.8 Å². The molecule has 0 aliphatic heterocycles. The number of carbonyl (C=O) groups excluding carboxylic acids is 1. The number of hydrogen-bond donors (Lipinski definition) is 0. The smallest absolute Gasteiger partial charge is 0.339 e. The molecule has 2 rings (SSSR count). The first kappa shape index (κ1) is 13.6. The molecule has 0 fully saturated rings. The predicted molar refractivity (Wildman–Crippen MR) is 75.4 cm³/mol. The molecule has 18 heavy (non-hydrogen) atoms. The van der Waals surface area contributed by atoms with Crippen LogP contribution in [0, 0.1) is 5.92 Å². The lowest BCUT2D eigenvalue weighted by molar-refractivity contribution is 0.00679. The topological polar surface area (TPSA) is 26.3 Å². The highest BCUT2D eigenvalue weighted by Crippen LogP contribution is 2.41. The Kier molecular flexibility index (Phi) is 3.54. The molecule has 0 bridgehead atoms. The Morgan fingerprint density at radius 3 is 2.67 bits per heavy atom. The highest BCUT2D eigenvalue weighted by atomic mass is 32.1. The lowest BCUT2D eigenvalue weighted by Gasteiger charge is -2.27. The van der Waals surface area contributed by atoms with E-state index in [9.17, 15) is 4.79 Å². The van der Waals surface area contributed by atoms with Gasteiger partial charge in [-0.3, -0.25) is 0 Å². The predicted octanol–water partition coefficient (Wildman–Crippen LogP) is 4.39. The molecule has 3 heteroatoms. The van der Waals surface area contributed by atoms with Crippen LogP contribution in [0.2, 0.25) is 0 Å². The summed E-state index contributed by atoms with van der Waals surface area (Å²) in [6.07, 6.45) is 2.33. The van der Waals surface area contributed by atoms with Crippen LogP contribution >= 0.6 is 11.3 Å². The van der Waals surface area contributed by atoms with E-state index in [0.29, 0.717) is 11.8 Å². The monoisotopic (exact) mass is 266 g/mol. The molecule has 0 spiro atoms. The lowest BCUT2D eigenvalue weighted by atomic mass is 9.79. The average molecular weight is 266 g/mol. The van der Waals surface area contributed by atoms with Crippen molar-refractivity contribution in [1.29, 1.82) is 0 Å². The molecular weight excluding hydrogens is 244 g/mol. The summed E-state index contributed by atoms with van der Waals surface area (Å²) in [5, 5.41) is 1.98. The number of hydrogen-bond acceptors (Lipinski definition) is 3. The first-order valence-electron chi connectivity index (χ1n) is 6.63. The molecule has 0 N–H and O–H groups in total. The van der Waals surface area contributed by atoms with Gasteiger partial charge >= 0.3 is 5.97 Å². The summed E-state index contributed by atoms with van der Waals surface area (Å²) in [6, 6.07) is 0. The summed E-state index contributed by atoms with van der Waals surface area (Å²) in [5.74, 6) is 0.941. The van der Waals surface area contributed by atoms with Crippen LogP contribution in [0.25, 0.3) is 0 Å². The van der Waals surface area contributed by atoms with E-state index in [1.54, 1.807) is 11.3 Å². The van der Waals surface area contributed by atoms with E-state index in [4.69, 9.17) is 4.74 Å². The van der Waals surface area contributed by atoms with E-state index in [1.165, 1.54) is 16.9 Å². The summed E-state index contributed by atoms with van der Waals surface area (Å²) < 4.78 is 5.50. The summed E-state index contributed by atoms with van der Waals surface area (Å²) >= 11 is 1.71. The van der Waals surface area contributed by atoms with Crippen molar-refractivity contribution in [3.63, 3.8) is 0 Å². The molecular formula is C15H22O2S. The first-order valence-corrected chi connectivity index (χ1v) is 7.51. The van der Waals surface area contributed by atoms with Crippen LogP contribution in [0.15, 0.2) is 5.38 Å². The van der Waals surface area contributed by atoms with Gasteiger partial charge in [-0.05, 0) is 51.0 Å². The Hall–Kier alpha value is -0.830. The fourth-order valence-electron chi connectivity index (χ4n) is 2.48. The third kappa shape index (κ3) is 2.61. The maximum absolute atomic E-state index is 12.2. The Morgan fingerprint density at radius 2 is 2.06 bits per heavy atom. The van der Waals surface area contributed by atoms with Crippen LogP contribution in [-0.4, -0.2) is 11.6 Å². The van der Waals surface area contributed by atoms with Gasteiger partial charge < -0.3 is 4.74 Å². The highest BCUT2D eigenvalue weighted by molar-refractivity contribution is 7.10. The van der Waals surface area contributed by atoms with Crippen LogP contribution in [0.1, 0.15) is 67.8 Å². The molecule has 0 radical (unpaired) electrons. The fourth-order valence-corrected chi connectivity index (χ4v) is 3.63. The van der Waals surface area contributed by atoms with Crippen LogP contribution in [0.3, 0.4) is 0 Å². The van der Waals surface area contributed by atoms with Gasteiger partial charge in [0.05, 0.1) is 5.56 Å². The fraction of sp³-hybridized carbons (Fsp3) is 0.667. The van der Waals surface area contributed by atoms with E-state index in [2.05, 4.69) is 13.8 Å². The van der Waals surface area contributed by atoms with Crippen LogP contribution < -0.4 is 0 Å². The molecule has 1 heterocycles. The number of ether oxygens (including phenoxy) is 1.